The van der Waals surface area contributed by atoms with Crippen LogP contribution in [0.1, 0.15) is 26.5 Å². The lowest BCUT2D eigenvalue weighted by Crippen LogP contribution is -2.21. The second-order valence-corrected chi connectivity index (χ2v) is 7.61. The van der Waals surface area contributed by atoms with E-state index in [-0.39, 0.29) is 6.61 Å². The molecule has 1 aliphatic rings. The Morgan fingerprint density at radius 2 is 2.19 bits per heavy atom. The van der Waals surface area contributed by atoms with Gasteiger partial charge in [-0.05, 0) is 49.1 Å². The Kier molecular flexibility index (Phi) is 4.91. The smallest absolute Gasteiger partial charge is 0.348 e. The summed E-state index contributed by atoms with van der Waals surface area (Å²) in [6, 6.07) is 6.87. The second-order valence-electron chi connectivity index (χ2n) is 6.04. The van der Waals surface area contributed by atoms with E-state index < -0.39 is 11.9 Å². The third kappa shape index (κ3) is 3.86. The number of esters is 1. The van der Waals surface area contributed by atoms with Crippen LogP contribution in [0.15, 0.2) is 36.9 Å². The van der Waals surface area contributed by atoms with Gasteiger partial charge in [0, 0.05) is 9.90 Å². The first-order chi connectivity index (χ1) is 13.1. The van der Waals surface area contributed by atoms with Crippen molar-refractivity contribution in [2.45, 2.75) is 19.3 Å². The highest BCUT2D eigenvalue weighted by atomic mass is 35.5. The molecule has 0 aliphatic heterocycles. The van der Waals surface area contributed by atoms with Crippen LogP contribution >= 0.6 is 22.9 Å². The Morgan fingerprint density at radius 3 is 2.96 bits per heavy atom. The molecule has 4 rings (SSSR count). The van der Waals surface area contributed by atoms with Crippen LogP contribution in [0, 0.1) is 0 Å². The number of carbonyl (C=O) groups excluding carboxylic acids is 2. The zero-order valence-corrected chi connectivity index (χ0v) is 15.7. The van der Waals surface area contributed by atoms with Gasteiger partial charge in [-0.1, -0.05) is 11.6 Å². The van der Waals surface area contributed by atoms with Crippen molar-refractivity contribution in [2.75, 3.05) is 11.9 Å². The van der Waals surface area contributed by atoms with Crippen molar-refractivity contribution in [1.29, 1.82) is 0 Å². The normalized spacial score (nSPS) is 12.6. The minimum atomic E-state index is -0.479. The maximum Gasteiger partial charge on any atom is 0.348 e. The van der Waals surface area contributed by atoms with Crippen molar-refractivity contribution in [1.82, 2.24) is 14.8 Å². The molecule has 0 atom stereocenters. The number of aromatic nitrogens is 3. The number of halogens is 1. The first-order valence-electron chi connectivity index (χ1n) is 8.33. The molecule has 1 amide bonds. The molecule has 1 aromatic carbocycles. The highest BCUT2D eigenvalue weighted by Crippen LogP contribution is 2.31. The number of rotatable bonds is 5. The largest absolute Gasteiger partial charge is 0.451 e. The summed E-state index contributed by atoms with van der Waals surface area (Å²) in [7, 11) is 0. The van der Waals surface area contributed by atoms with Crippen LogP contribution in [0.5, 0.6) is 0 Å². The molecule has 138 valence electrons. The molecule has 9 heteroatoms. The molecule has 1 aliphatic carbocycles. The third-order valence-electron chi connectivity index (χ3n) is 4.18. The van der Waals surface area contributed by atoms with Crippen LogP contribution in [0.3, 0.4) is 0 Å². The fourth-order valence-electron chi connectivity index (χ4n) is 2.96. The number of nitrogens with one attached hydrogen (secondary N) is 1. The molecule has 0 radical (unpaired) electrons. The van der Waals surface area contributed by atoms with Gasteiger partial charge in [-0.25, -0.2) is 14.5 Å². The van der Waals surface area contributed by atoms with E-state index in [2.05, 4.69) is 15.4 Å². The lowest BCUT2D eigenvalue weighted by molar-refractivity contribution is -0.119. The van der Waals surface area contributed by atoms with Crippen LogP contribution in [0.2, 0.25) is 5.02 Å². The highest BCUT2D eigenvalue weighted by molar-refractivity contribution is 7.14. The molecule has 2 aromatic heterocycles. The third-order valence-corrected chi connectivity index (χ3v) is 5.63. The van der Waals surface area contributed by atoms with Crippen LogP contribution in [0.4, 0.5) is 5.69 Å². The first kappa shape index (κ1) is 17.7. The fraction of sp³-hybridized carbons (Fsp3) is 0.222. The van der Waals surface area contributed by atoms with Gasteiger partial charge in [0.2, 0.25) is 0 Å². The number of benzene rings is 1. The van der Waals surface area contributed by atoms with Crippen LogP contribution in [-0.2, 0) is 22.4 Å². The second kappa shape index (κ2) is 7.50. The number of carbonyl (C=O) groups is 2. The number of aryl methyl sites for hydroxylation is 2. The predicted octanol–water partition coefficient (Wildman–Crippen LogP) is 3.27. The average molecular weight is 403 g/mol. The van der Waals surface area contributed by atoms with Gasteiger partial charge < -0.3 is 10.1 Å². The maximum absolute atomic E-state index is 12.2. The van der Waals surface area contributed by atoms with Gasteiger partial charge in [0.05, 0.1) is 11.4 Å². The molecule has 0 unspecified atom stereocenters. The quantitative estimate of drug-likeness (QED) is 0.662. The fourth-order valence-corrected chi connectivity index (χ4v) is 4.28. The van der Waals surface area contributed by atoms with Crippen molar-refractivity contribution in [3.63, 3.8) is 0 Å². The number of thiophene rings is 1. The van der Waals surface area contributed by atoms with Crippen LogP contribution in [0.25, 0.3) is 5.69 Å². The lowest BCUT2D eigenvalue weighted by atomic mass is 10.2. The first-order valence-corrected chi connectivity index (χ1v) is 9.53. The van der Waals surface area contributed by atoms with Gasteiger partial charge in [0.1, 0.15) is 17.5 Å². The Morgan fingerprint density at radius 1 is 1.30 bits per heavy atom. The number of hydrogen-bond donors (Lipinski definition) is 1. The van der Waals surface area contributed by atoms with Crippen molar-refractivity contribution < 1.29 is 14.3 Å². The Bertz CT molecular complexity index is 979. The maximum atomic E-state index is 12.2. The standard InChI is InChI=1S/C18H15ClN4O3S/c19-12-4-5-14(23-10-20-9-21-23)13(7-12)22-17(24)8-26-18(25)16-6-11-2-1-3-15(11)27-16/h4-7,9-10H,1-3,8H2,(H,22,24). The van der Waals surface area contributed by atoms with E-state index in [0.29, 0.717) is 21.3 Å². The Labute approximate surface area is 163 Å². The highest BCUT2D eigenvalue weighted by Gasteiger charge is 2.20. The van der Waals surface area contributed by atoms with Gasteiger partial charge >= 0.3 is 5.97 Å². The topological polar surface area (TPSA) is 86.1 Å². The van der Waals surface area contributed by atoms with E-state index in [4.69, 9.17) is 16.3 Å². The average Bonchev–Trinajstić information content (AvgIpc) is 3.36. The summed E-state index contributed by atoms with van der Waals surface area (Å²) >= 11 is 7.47. The number of hydrogen-bond acceptors (Lipinski definition) is 6. The summed E-state index contributed by atoms with van der Waals surface area (Å²) in [6.45, 7) is -0.384. The lowest BCUT2D eigenvalue weighted by Gasteiger charge is -2.11. The van der Waals surface area contributed by atoms with Crippen molar-refractivity contribution in [3.8, 4) is 5.69 Å². The number of nitrogens with zero attached hydrogens (tertiary/aromatic N) is 3. The van der Waals surface area contributed by atoms with E-state index in [1.807, 2.05) is 6.07 Å². The number of fused-ring (bicyclic) bond motifs is 1. The summed E-state index contributed by atoms with van der Waals surface area (Å²) in [5, 5.41) is 7.21. The summed E-state index contributed by atoms with van der Waals surface area (Å²) in [5.74, 6) is -0.941. The van der Waals surface area contributed by atoms with E-state index in [1.54, 1.807) is 18.2 Å². The summed E-state index contributed by atoms with van der Waals surface area (Å²) in [6.07, 6.45) is 6.04. The predicted molar refractivity (Wildman–Crippen MR) is 102 cm³/mol. The van der Waals surface area contributed by atoms with E-state index in [1.165, 1.54) is 39.1 Å². The summed E-state index contributed by atoms with van der Waals surface area (Å²) in [4.78, 5) is 30.1. The van der Waals surface area contributed by atoms with Crippen molar-refractivity contribution >= 4 is 40.5 Å². The molecule has 0 saturated heterocycles. The molecular weight excluding hydrogens is 388 g/mol. The Hall–Kier alpha value is -2.71. The number of amides is 1. The summed E-state index contributed by atoms with van der Waals surface area (Å²) < 4.78 is 6.66. The zero-order chi connectivity index (χ0) is 18.8. The molecule has 1 N–H and O–H groups in total. The molecule has 3 aromatic rings. The van der Waals surface area contributed by atoms with Crippen molar-refractivity contribution in [3.05, 3.63) is 57.3 Å². The minimum absolute atomic E-state index is 0.384. The van der Waals surface area contributed by atoms with Crippen LogP contribution < -0.4 is 5.32 Å². The molecule has 2 heterocycles. The molecule has 27 heavy (non-hydrogen) atoms. The van der Waals surface area contributed by atoms with Crippen molar-refractivity contribution in [2.24, 2.45) is 0 Å². The summed E-state index contributed by atoms with van der Waals surface area (Å²) in [5.41, 5.74) is 2.27. The van der Waals surface area contributed by atoms with Gasteiger partial charge in [0.25, 0.3) is 5.91 Å². The molecular formula is C18H15ClN4O3S. The van der Waals surface area contributed by atoms with Gasteiger partial charge in [-0.15, -0.1) is 11.3 Å². The molecule has 0 spiro atoms. The van der Waals surface area contributed by atoms with Crippen LogP contribution in [-0.4, -0.2) is 33.2 Å². The number of anilines is 1. The monoisotopic (exact) mass is 402 g/mol. The molecule has 0 fully saturated rings. The van der Waals surface area contributed by atoms with Gasteiger partial charge in [0.15, 0.2) is 6.61 Å². The molecule has 7 nitrogen and oxygen atoms in total. The van der Waals surface area contributed by atoms with Gasteiger partial charge in [-0.2, -0.15) is 5.10 Å². The van der Waals surface area contributed by atoms with E-state index in [9.17, 15) is 9.59 Å². The van der Waals surface area contributed by atoms with E-state index >= 15 is 0 Å². The minimum Gasteiger partial charge on any atom is -0.451 e. The van der Waals surface area contributed by atoms with E-state index in [0.717, 1.165) is 19.3 Å². The molecule has 0 bridgehead atoms. The number of ether oxygens (including phenoxy) is 1. The zero-order valence-electron chi connectivity index (χ0n) is 14.1. The Balaban J connectivity index is 1.41. The van der Waals surface area contributed by atoms with Gasteiger partial charge in [-0.3, -0.25) is 4.79 Å². The molecule has 0 saturated carbocycles. The SMILES string of the molecule is O=C(COC(=O)c1cc2c(s1)CCC2)Nc1cc(Cl)ccc1-n1cncn1.